The molecule has 18 heavy (non-hydrogen) atoms. The Labute approximate surface area is 119 Å². The van der Waals surface area contributed by atoms with Gasteiger partial charge in [0.2, 0.25) is 0 Å². The van der Waals surface area contributed by atoms with Crippen molar-refractivity contribution in [1.82, 2.24) is 9.78 Å². The monoisotopic (exact) mass is 335 g/mol. The van der Waals surface area contributed by atoms with Gasteiger partial charge in [-0.25, -0.2) is 4.68 Å². The van der Waals surface area contributed by atoms with E-state index in [-0.39, 0.29) is 18.7 Å². The largest absolute Gasteiger partial charge is 0.394 e. The fraction of sp³-hybridized carbons (Fsp3) is 0.636. The first kappa shape index (κ1) is 15.5. The first-order chi connectivity index (χ1) is 8.63. The maximum Gasteiger partial charge on any atom is 0.283 e. The van der Waals surface area contributed by atoms with Crippen LogP contribution in [0.3, 0.4) is 0 Å². The number of nitrogens with zero attached hydrogens (tertiary/aromatic N) is 2. The first-order valence-corrected chi connectivity index (χ1v) is 7.94. The minimum absolute atomic E-state index is 0.101. The molecular formula is C11H18BrN3O2S. The van der Waals surface area contributed by atoms with Gasteiger partial charge in [0.15, 0.2) is 0 Å². The van der Waals surface area contributed by atoms with Crippen molar-refractivity contribution in [3.63, 3.8) is 0 Å². The van der Waals surface area contributed by atoms with Crippen molar-refractivity contribution < 1.29 is 5.11 Å². The van der Waals surface area contributed by atoms with Crippen LogP contribution < -0.4 is 10.9 Å². The Bertz CT molecular complexity index is 439. The van der Waals surface area contributed by atoms with E-state index in [9.17, 15) is 4.79 Å². The van der Waals surface area contributed by atoms with Crippen LogP contribution in [0.1, 0.15) is 13.3 Å². The summed E-state index contributed by atoms with van der Waals surface area (Å²) in [7, 11) is 0. The Balaban J connectivity index is 2.91. The quantitative estimate of drug-likeness (QED) is 0.791. The summed E-state index contributed by atoms with van der Waals surface area (Å²) in [6, 6.07) is 0.311. The van der Waals surface area contributed by atoms with Crippen LogP contribution in [0.25, 0.3) is 0 Å². The van der Waals surface area contributed by atoms with Crippen molar-refractivity contribution in [3.8, 4) is 0 Å². The molecule has 5 nitrogen and oxygen atoms in total. The van der Waals surface area contributed by atoms with Crippen LogP contribution in [0.4, 0.5) is 5.69 Å². The molecule has 102 valence electrons. The highest BCUT2D eigenvalue weighted by atomic mass is 79.9. The molecule has 0 aliphatic rings. The fourth-order valence-electron chi connectivity index (χ4n) is 1.50. The fourth-order valence-corrected chi connectivity index (χ4v) is 2.65. The Morgan fingerprint density at radius 3 is 2.94 bits per heavy atom. The van der Waals surface area contributed by atoms with Gasteiger partial charge in [0.1, 0.15) is 4.47 Å². The minimum atomic E-state index is -0.229. The second-order valence-corrected chi connectivity index (χ2v) is 5.53. The van der Waals surface area contributed by atoms with Gasteiger partial charge in [0.25, 0.3) is 5.56 Å². The smallest absolute Gasteiger partial charge is 0.283 e. The summed E-state index contributed by atoms with van der Waals surface area (Å²) in [4.78, 5) is 11.9. The predicted molar refractivity (Wildman–Crippen MR) is 79.4 cm³/mol. The number of rotatable bonds is 7. The zero-order valence-electron chi connectivity index (χ0n) is 10.5. The van der Waals surface area contributed by atoms with Gasteiger partial charge in [-0.05, 0) is 28.6 Å². The number of halogens is 1. The Morgan fingerprint density at radius 1 is 1.67 bits per heavy atom. The normalized spacial score (nSPS) is 12.4. The molecule has 0 bridgehead atoms. The van der Waals surface area contributed by atoms with Crippen molar-refractivity contribution >= 4 is 33.4 Å². The zero-order valence-corrected chi connectivity index (χ0v) is 12.9. The highest BCUT2D eigenvalue weighted by Crippen LogP contribution is 2.18. The van der Waals surface area contributed by atoms with Gasteiger partial charge in [0, 0.05) is 11.8 Å². The lowest BCUT2D eigenvalue weighted by Crippen LogP contribution is -2.28. The molecule has 1 heterocycles. The Morgan fingerprint density at radius 2 is 2.39 bits per heavy atom. The Kier molecular flexibility index (Phi) is 6.73. The minimum Gasteiger partial charge on any atom is -0.394 e. The second-order valence-electron chi connectivity index (χ2n) is 3.83. The first-order valence-electron chi connectivity index (χ1n) is 5.76. The molecule has 0 radical (unpaired) electrons. The van der Waals surface area contributed by atoms with Crippen LogP contribution in [0.15, 0.2) is 15.5 Å². The number of thioether (sulfide) groups is 1. The molecule has 1 unspecified atom stereocenters. The van der Waals surface area contributed by atoms with Gasteiger partial charge in [0.05, 0.1) is 25.0 Å². The molecule has 0 saturated carbocycles. The number of anilines is 1. The molecule has 1 aromatic rings. The molecule has 1 rings (SSSR count). The number of hydrogen-bond donors (Lipinski definition) is 2. The highest BCUT2D eigenvalue weighted by molar-refractivity contribution is 9.10. The molecule has 0 amide bonds. The van der Waals surface area contributed by atoms with Crippen molar-refractivity contribution in [2.75, 3.05) is 23.9 Å². The number of aliphatic hydroxyl groups is 1. The SMILES string of the molecule is CCC(CSC)Nc1cnn(CCO)c(=O)c1Br. The zero-order chi connectivity index (χ0) is 13.5. The average molecular weight is 336 g/mol. The third kappa shape index (κ3) is 4.00. The van der Waals surface area contributed by atoms with Gasteiger partial charge in [-0.1, -0.05) is 6.92 Å². The van der Waals surface area contributed by atoms with E-state index < -0.39 is 0 Å². The Hall–Kier alpha value is -0.530. The van der Waals surface area contributed by atoms with Crippen LogP contribution in [-0.4, -0.2) is 39.5 Å². The van der Waals surface area contributed by atoms with E-state index in [0.717, 1.165) is 12.2 Å². The molecule has 0 aliphatic heterocycles. The standard InChI is InChI=1S/C11H18BrN3O2S/c1-3-8(7-18-2)14-9-6-13-15(4-5-16)11(17)10(9)12/h6,8,14,16H,3-5,7H2,1-2H3. The molecule has 7 heteroatoms. The van der Waals surface area contributed by atoms with Crippen LogP contribution >= 0.6 is 27.7 Å². The van der Waals surface area contributed by atoms with E-state index in [1.165, 1.54) is 4.68 Å². The number of nitrogens with one attached hydrogen (secondary N) is 1. The average Bonchev–Trinajstić information content (AvgIpc) is 2.37. The molecule has 0 saturated heterocycles. The molecule has 0 spiro atoms. The van der Waals surface area contributed by atoms with E-state index in [4.69, 9.17) is 5.11 Å². The lowest BCUT2D eigenvalue weighted by atomic mass is 10.2. The molecule has 1 aromatic heterocycles. The summed E-state index contributed by atoms with van der Waals surface area (Å²) < 4.78 is 1.70. The van der Waals surface area contributed by atoms with Crippen LogP contribution in [0, 0.1) is 0 Å². The predicted octanol–water partition coefficient (Wildman–Crippen LogP) is 1.55. The third-order valence-electron chi connectivity index (χ3n) is 2.52. The summed E-state index contributed by atoms with van der Waals surface area (Å²) in [5.41, 5.74) is 0.475. The van der Waals surface area contributed by atoms with Crippen molar-refractivity contribution in [1.29, 1.82) is 0 Å². The van der Waals surface area contributed by atoms with Gasteiger partial charge in [-0.3, -0.25) is 4.79 Å². The summed E-state index contributed by atoms with van der Waals surface area (Å²) in [6.07, 6.45) is 4.65. The summed E-state index contributed by atoms with van der Waals surface area (Å²) in [5, 5.41) is 16.1. The van der Waals surface area contributed by atoms with Crippen molar-refractivity contribution in [2.45, 2.75) is 25.9 Å². The van der Waals surface area contributed by atoms with Gasteiger partial charge in [-0.15, -0.1) is 0 Å². The second kappa shape index (κ2) is 7.81. The highest BCUT2D eigenvalue weighted by Gasteiger charge is 2.12. The summed E-state index contributed by atoms with van der Waals surface area (Å²) in [6.45, 7) is 2.21. The lowest BCUT2D eigenvalue weighted by molar-refractivity contribution is 0.266. The van der Waals surface area contributed by atoms with Crippen molar-refractivity contribution in [2.24, 2.45) is 0 Å². The van der Waals surface area contributed by atoms with Crippen LogP contribution in [0.5, 0.6) is 0 Å². The van der Waals surface area contributed by atoms with Crippen LogP contribution in [0.2, 0.25) is 0 Å². The van der Waals surface area contributed by atoms with E-state index in [0.29, 0.717) is 16.2 Å². The van der Waals surface area contributed by atoms with Crippen molar-refractivity contribution in [3.05, 3.63) is 21.0 Å². The maximum absolute atomic E-state index is 11.9. The molecular weight excluding hydrogens is 318 g/mol. The number of aromatic nitrogens is 2. The van der Waals surface area contributed by atoms with E-state index in [2.05, 4.69) is 39.5 Å². The third-order valence-corrected chi connectivity index (χ3v) is 4.02. The summed E-state index contributed by atoms with van der Waals surface area (Å²) >= 11 is 5.05. The van der Waals surface area contributed by atoms with Gasteiger partial charge < -0.3 is 10.4 Å². The van der Waals surface area contributed by atoms with E-state index in [1.54, 1.807) is 18.0 Å². The molecule has 2 N–H and O–H groups in total. The molecule has 0 aromatic carbocycles. The number of aliphatic hydroxyl groups excluding tert-OH is 1. The van der Waals surface area contributed by atoms with E-state index >= 15 is 0 Å². The summed E-state index contributed by atoms with van der Waals surface area (Å²) in [5.74, 6) is 0.975. The maximum atomic E-state index is 11.9. The lowest BCUT2D eigenvalue weighted by Gasteiger charge is -2.18. The molecule has 1 atom stereocenters. The number of hydrogen-bond acceptors (Lipinski definition) is 5. The van der Waals surface area contributed by atoms with E-state index in [1.807, 2.05) is 0 Å². The van der Waals surface area contributed by atoms with Gasteiger partial charge >= 0.3 is 0 Å². The van der Waals surface area contributed by atoms with Crippen LogP contribution in [-0.2, 0) is 6.54 Å². The molecule has 0 aliphatic carbocycles. The van der Waals surface area contributed by atoms with Gasteiger partial charge in [-0.2, -0.15) is 16.9 Å². The topological polar surface area (TPSA) is 67.2 Å². The molecule has 0 fully saturated rings.